The third kappa shape index (κ3) is 21.6. The Morgan fingerprint density at radius 1 is 0.363 bits per heavy atom. The van der Waals surface area contributed by atoms with E-state index in [1.165, 1.54) is 93.1 Å². The first-order chi connectivity index (χ1) is 63.8. The summed E-state index contributed by atoms with van der Waals surface area (Å²) < 4.78 is 20.7. The van der Waals surface area contributed by atoms with Crippen LogP contribution < -0.4 is 236 Å². The second-order valence-electron chi connectivity index (χ2n) is 28.5. The maximum absolute atomic E-state index is 13.4. The molecule has 0 fully saturated rings. The number of aromatic amines is 4. The number of methoxy groups -OCH3 is 1. The molecule has 13 N–H and O–H groups in total. The Morgan fingerprint density at radius 2 is 0.674 bits per heavy atom. The van der Waals surface area contributed by atoms with Crippen LogP contribution in [0.5, 0.6) is 17.2 Å². The average Bonchev–Trinajstić information content (AvgIpc) is 1.59. The minimum absolute atomic E-state index is 0. The molecule has 8 aromatic heterocycles. The third-order valence-electron chi connectivity index (χ3n) is 20.2. The fourth-order valence-corrected chi connectivity index (χ4v) is 14.1. The molecule has 135 heavy (non-hydrogen) atoms. The number of nitrogens with one attached hydrogen (secondary N) is 13. The minimum Gasteiger partial charge on any atom is -0.545 e. The van der Waals surface area contributed by atoms with Crippen molar-refractivity contribution < 1.29 is 260 Å². The Hall–Kier alpha value is -14.4. The first kappa shape index (κ1) is 98.1. The van der Waals surface area contributed by atoms with Gasteiger partial charge < -0.3 is 116 Å². The predicted molar refractivity (Wildman–Crippen MR) is 456 cm³/mol. The second-order valence-corrected chi connectivity index (χ2v) is 28.5. The summed E-state index contributed by atoms with van der Waals surface area (Å²) in [6.07, 6.45) is 10.2. The molecule has 0 unspecified atom stereocenters. The number of nitrogens with zero attached hydrogens (tertiary/aromatic N) is 9. The van der Waals surface area contributed by atoms with E-state index in [0.717, 1.165) is 34.2 Å². The van der Waals surface area contributed by atoms with Gasteiger partial charge >= 0.3 is 160 Å². The summed E-state index contributed by atoms with van der Waals surface area (Å²) >= 11 is 0. The Morgan fingerprint density at radius 3 is 1.05 bits per heavy atom. The van der Waals surface area contributed by atoms with Crippen LogP contribution in [0.25, 0.3) is 44.1 Å². The molecule has 658 valence electrons. The molecule has 0 saturated heterocycles. The smallest absolute Gasteiger partial charge is 0.545 e. The molecule has 7 aromatic carbocycles. The van der Waals surface area contributed by atoms with E-state index in [4.69, 9.17) is 14.2 Å². The predicted octanol–water partition coefficient (Wildman–Crippen LogP) is -4.94. The van der Waals surface area contributed by atoms with Gasteiger partial charge in [0.2, 0.25) is 0 Å². The van der Waals surface area contributed by atoms with Gasteiger partial charge in [-0.3, -0.25) is 52.7 Å². The molecule has 4 aliphatic heterocycles. The van der Waals surface area contributed by atoms with Crippen LogP contribution in [0.1, 0.15) is 142 Å². The van der Waals surface area contributed by atoms with E-state index in [0.29, 0.717) is 62.0 Å². The number of benzene rings is 7. The fourth-order valence-electron chi connectivity index (χ4n) is 14.1. The quantitative estimate of drug-likeness (QED) is 0.0193. The molecular weight excluding hydrogens is 1830 g/mol. The van der Waals surface area contributed by atoms with Crippen molar-refractivity contribution in [3.63, 3.8) is 0 Å². The SMILES string of the molecule is COC(=O)c1ccccc1C(=O)Nc1c[nH]c2c(C(=O)[O-])ncnc12.O=C([O-])c1ccccc1C(=O)Nc1c[nH]c2c(C(=O)[O-])ncnc12.O=C1COc2ccc(CNC(=O)c3ccccc3C(=O)Nc3c[nH]c4c(C(=O)NCc5ccc6c(c5)NC(=O)CO6)ncnc34)cc2N1.O=C1COc2ccc(CNC(=O)c3ncnc4c(N5C(=O)c6ccccc6C5=O)c[nH]c34)cc2N1.[K+].[K+].[K+]. The third-order valence-corrected chi connectivity index (χ3v) is 20.2. The van der Waals surface area contributed by atoms with Crippen molar-refractivity contribution in [2.45, 2.75) is 19.6 Å². The largest absolute Gasteiger partial charge is 1.00 e. The van der Waals surface area contributed by atoms with Crippen LogP contribution in [-0.4, -0.2) is 176 Å². The van der Waals surface area contributed by atoms with Gasteiger partial charge in [-0.05, 0) is 95.6 Å². The van der Waals surface area contributed by atoms with E-state index in [-0.39, 0.29) is 318 Å². The van der Waals surface area contributed by atoms with Gasteiger partial charge in [-0.25, -0.2) is 49.6 Å². The number of hydrogen-bond donors (Lipinski definition) is 13. The molecule has 0 radical (unpaired) electrons. The van der Waals surface area contributed by atoms with Crippen molar-refractivity contribution in [1.29, 1.82) is 0 Å². The van der Waals surface area contributed by atoms with Crippen molar-refractivity contribution in [1.82, 2.24) is 75.8 Å². The molecular formula is C88H61K3N22O22. The topological polar surface area (TPSA) is 640 Å². The molecule has 19 rings (SSSR count). The molecule has 44 nitrogen and oxygen atoms in total. The summed E-state index contributed by atoms with van der Waals surface area (Å²) in [4.78, 5) is 227. The van der Waals surface area contributed by atoms with E-state index in [1.54, 1.807) is 103 Å². The molecule has 12 heterocycles. The minimum atomic E-state index is -1.50. The molecule has 0 aliphatic carbocycles. The molecule has 11 amide bonds. The number of rotatable bonds is 20. The molecule has 4 aliphatic rings. The van der Waals surface area contributed by atoms with Gasteiger partial charge in [0.1, 0.15) is 76.0 Å². The van der Waals surface area contributed by atoms with Gasteiger partial charge in [0.15, 0.2) is 31.2 Å². The number of imide groups is 1. The van der Waals surface area contributed by atoms with Crippen LogP contribution in [-0.2, 0) is 38.8 Å². The van der Waals surface area contributed by atoms with Gasteiger partial charge in [-0.2, -0.15) is 0 Å². The molecule has 47 heteroatoms. The number of esters is 1. The summed E-state index contributed by atoms with van der Waals surface area (Å²) in [7, 11) is 1.22. The summed E-state index contributed by atoms with van der Waals surface area (Å²) in [5, 5.41) is 57.6. The summed E-state index contributed by atoms with van der Waals surface area (Å²) in [6.45, 7) is 0.309. The van der Waals surface area contributed by atoms with Crippen molar-refractivity contribution in [2.75, 3.05) is 63.7 Å². The zero-order valence-corrected chi connectivity index (χ0v) is 80.2. The molecule has 15 aromatic rings. The van der Waals surface area contributed by atoms with Crippen molar-refractivity contribution in [2.24, 2.45) is 0 Å². The number of carboxylic acid groups (broad SMARTS) is 3. The summed E-state index contributed by atoms with van der Waals surface area (Å²) in [6, 6.07) is 40.2. The van der Waals surface area contributed by atoms with Gasteiger partial charge in [0, 0.05) is 55.5 Å². The number of amides is 11. The van der Waals surface area contributed by atoms with Gasteiger partial charge in [0.05, 0.1) is 120 Å². The van der Waals surface area contributed by atoms with Crippen molar-refractivity contribution in [3.05, 3.63) is 286 Å². The second kappa shape index (κ2) is 43.5. The number of ether oxygens (including phenoxy) is 4. The number of carbonyl (C=O) groups excluding carboxylic acids is 15. The average molecular weight is 1900 g/mol. The van der Waals surface area contributed by atoms with Crippen LogP contribution in [0.2, 0.25) is 0 Å². The monoisotopic (exact) mass is 1890 g/mol. The Bertz CT molecular complexity index is 7350. The van der Waals surface area contributed by atoms with Gasteiger partial charge in [-0.1, -0.05) is 72.8 Å². The Labute approximate surface area is 884 Å². The van der Waals surface area contributed by atoms with E-state index >= 15 is 0 Å². The van der Waals surface area contributed by atoms with E-state index in [9.17, 15) is 87.2 Å². The Balaban J connectivity index is 0.000000158. The normalized spacial score (nSPS) is 12.2. The van der Waals surface area contributed by atoms with E-state index in [1.807, 2.05) is 0 Å². The van der Waals surface area contributed by atoms with Crippen LogP contribution in [0.3, 0.4) is 0 Å². The van der Waals surface area contributed by atoms with Crippen LogP contribution >= 0.6 is 0 Å². The number of H-pyrrole nitrogens is 4. The maximum atomic E-state index is 13.4. The molecule has 0 spiro atoms. The Kier molecular flexibility index (Phi) is 31.6. The number of aromatic carboxylic acids is 3. The van der Waals surface area contributed by atoms with E-state index in [2.05, 4.69) is 112 Å². The summed E-state index contributed by atoms with van der Waals surface area (Å²) in [5.74, 6) is -8.43. The van der Waals surface area contributed by atoms with Crippen molar-refractivity contribution >= 4 is 173 Å². The van der Waals surface area contributed by atoms with Crippen LogP contribution in [0, 0.1) is 0 Å². The maximum Gasteiger partial charge on any atom is 1.00 e. The fraction of sp³-hybridized carbons (Fsp3) is 0.0795. The standard InChI is InChI=1S/C33H26N8O7.C24H16N6O5.C16H12N4O5.C15H10N4O5.3K/c42-26-14-47-24-7-5-17(9-21(24)39-26)11-35-31(44)19-3-1-2-4-20(19)32(45)41-23-13-34-29-28(23)37-16-38-30(29)33(46)36-12-18-6-8-25-22(10-18)40-27(43)15-48-25;31-18-10-35-17-6-5-12(7-15(17)29-18)8-26-22(32)21-20-19(27-11-28-21)16(9-25-20)30-23(33)13-3-1-2-4-14(13)24(30)34;1-25-16(24)9-5-3-2-4-8(9)14(21)20-10-6-17-12-11(10)18-7-19-13(12)15(22)23;20-13(7-3-1-2-4-8(7)14(21)22)19-9-5-16-11-10(9)17-6-18-12(11)15(23)24;;;/h1-10,13,16,34H,11-12,14-15H2,(H,35,44)(H,36,46)(H,39,42)(H,40,43)(H,41,45);1-7,9,11,25H,8,10H2,(H,26,32)(H,29,31);2-7,17H,1H3,(H,20,21)(H,22,23);1-6,16H,(H,19,20)(H,21,22)(H,23,24);;;/q;;;;3*+1/p-3. The number of anilines is 7. The molecule has 0 atom stereocenters. The first-order valence-electron chi connectivity index (χ1n) is 39.1. The zero-order chi connectivity index (χ0) is 92.5. The van der Waals surface area contributed by atoms with E-state index < -0.39 is 71.1 Å². The number of fused-ring (bicyclic) bond motifs is 8. The molecule has 0 bridgehead atoms. The zero-order valence-electron chi connectivity index (χ0n) is 70.8. The number of carbonyl (C=O) groups is 15. The van der Waals surface area contributed by atoms with Crippen LogP contribution in [0.4, 0.5) is 39.8 Å². The van der Waals surface area contributed by atoms with Gasteiger partial charge in [-0.15, -0.1) is 0 Å². The van der Waals surface area contributed by atoms with Gasteiger partial charge in [0.25, 0.3) is 65.0 Å². The number of aromatic nitrogens is 12. The van der Waals surface area contributed by atoms with Crippen LogP contribution in [0.15, 0.2) is 202 Å². The number of hydrogen-bond acceptors (Lipinski definition) is 30. The summed E-state index contributed by atoms with van der Waals surface area (Å²) in [5.41, 5.74) is 6.62. The first-order valence-corrected chi connectivity index (χ1v) is 39.1. The van der Waals surface area contributed by atoms with Crippen molar-refractivity contribution in [3.8, 4) is 17.2 Å². The molecule has 0 saturated carbocycles. The number of carboxylic acids is 3.